The van der Waals surface area contributed by atoms with Crippen LogP contribution < -0.4 is 5.32 Å². The molecule has 2 aromatic carbocycles. The van der Waals surface area contributed by atoms with Crippen molar-refractivity contribution in [3.8, 4) is 5.75 Å². The summed E-state index contributed by atoms with van der Waals surface area (Å²) in [5, 5.41) is 14.5. The number of nitrogens with one attached hydrogen (secondary N) is 1. The highest BCUT2D eigenvalue weighted by Gasteiger charge is 2.06. The molecule has 0 saturated heterocycles. The van der Waals surface area contributed by atoms with Gasteiger partial charge in [-0.25, -0.2) is 0 Å². The number of phenols is 1. The molecule has 0 amide bonds. The monoisotopic (exact) mass is 284 g/mol. The van der Waals surface area contributed by atoms with Gasteiger partial charge in [-0.15, -0.1) is 0 Å². The Morgan fingerprint density at radius 3 is 2.75 bits per heavy atom. The van der Waals surface area contributed by atoms with Crippen LogP contribution in [0.5, 0.6) is 5.75 Å². The number of benzene rings is 2. The zero-order chi connectivity index (χ0) is 14.1. The molecule has 0 spiro atoms. The second kappa shape index (κ2) is 5.02. The quantitative estimate of drug-likeness (QED) is 0.720. The molecule has 0 aliphatic rings. The molecule has 1 aromatic heterocycles. The van der Waals surface area contributed by atoms with Crippen molar-refractivity contribution in [2.45, 2.75) is 6.92 Å². The first-order chi connectivity index (χ1) is 9.61. The van der Waals surface area contributed by atoms with E-state index < -0.39 is 0 Å². The van der Waals surface area contributed by atoms with Crippen LogP contribution in [0.1, 0.15) is 5.69 Å². The lowest BCUT2D eigenvalue weighted by atomic mass is 10.1. The fourth-order valence-electron chi connectivity index (χ4n) is 2.17. The van der Waals surface area contributed by atoms with Crippen LogP contribution in [0, 0.1) is 6.92 Å². The van der Waals surface area contributed by atoms with Gasteiger partial charge in [0.1, 0.15) is 5.75 Å². The molecule has 0 saturated carbocycles. The van der Waals surface area contributed by atoms with Crippen LogP contribution in [0.15, 0.2) is 48.5 Å². The number of halogens is 1. The van der Waals surface area contributed by atoms with Gasteiger partial charge in [-0.1, -0.05) is 17.7 Å². The number of phenolic OH excluding ortho intramolecular Hbond substituents is 1. The number of nitrogens with zero attached hydrogens (tertiary/aromatic N) is 1. The second-order valence-corrected chi connectivity index (χ2v) is 5.08. The highest BCUT2D eigenvalue weighted by atomic mass is 35.5. The van der Waals surface area contributed by atoms with Crippen LogP contribution in [0.3, 0.4) is 0 Å². The molecule has 20 heavy (non-hydrogen) atoms. The summed E-state index contributed by atoms with van der Waals surface area (Å²) < 4.78 is 0. The lowest BCUT2D eigenvalue weighted by molar-refractivity contribution is 0.476. The molecule has 3 aromatic rings. The van der Waals surface area contributed by atoms with E-state index in [0.29, 0.717) is 5.02 Å². The molecule has 100 valence electrons. The van der Waals surface area contributed by atoms with Crippen molar-refractivity contribution in [3.63, 3.8) is 0 Å². The molecule has 0 atom stereocenters. The summed E-state index contributed by atoms with van der Waals surface area (Å²) in [7, 11) is 0. The van der Waals surface area contributed by atoms with Crippen LogP contribution >= 0.6 is 11.6 Å². The van der Waals surface area contributed by atoms with Crippen LogP contribution in [0.25, 0.3) is 10.9 Å². The van der Waals surface area contributed by atoms with Gasteiger partial charge >= 0.3 is 0 Å². The Balaban J connectivity index is 2.12. The topological polar surface area (TPSA) is 45.1 Å². The molecule has 0 fully saturated rings. The van der Waals surface area contributed by atoms with Crippen LogP contribution in [0.2, 0.25) is 5.02 Å². The number of hydrogen-bond acceptors (Lipinski definition) is 3. The Morgan fingerprint density at radius 2 is 1.95 bits per heavy atom. The van der Waals surface area contributed by atoms with Crippen molar-refractivity contribution in [2.24, 2.45) is 0 Å². The Bertz CT molecular complexity index is 787. The normalized spacial score (nSPS) is 10.7. The van der Waals surface area contributed by atoms with Crippen molar-refractivity contribution in [3.05, 3.63) is 59.2 Å². The van der Waals surface area contributed by atoms with Gasteiger partial charge in [0.2, 0.25) is 0 Å². The maximum atomic E-state index is 9.66. The molecule has 0 bridgehead atoms. The number of aromatic hydroxyl groups is 1. The summed E-state index contributed by atoms with van der Waals surface area (Å²) in [5.41, 5.74) is 3.54. The largest absolute Gasteiger partial charge is 0.508 e. The number of fused-ring (bicyclic) bond motifs is 1. The minimum absolute atomic E-state index is 0.220. The molecule has 3 nitrogen and oxygen atoms in total. The van der Waals surface area contributed by atoms with Crippen LogP contribution in [0.4, 0.5) is 11.4 Å². The predicted octanol–water partition coefficient (Wildman–Crippen LogP) is 4.65. The maximum Gasteiger partial charge on any atom is 0.116 e. The minimum atomic E-state index is 0.220. The molecular formula is C16H13ClN2O. The zero-order valence-electron chi connectivity index (χ0n) is 10.9. The number of aromatic nitrogens is 1. The zero-order valence-corrected chi connectivity index (χ0v) is 11.6. The van der Waals surface area contributed by atoms with Gasteiger partial charge in [0.05, 0.1) is 5.52 Å². The Kier molecular flexibility index (Phi) is 3.20. The fourth-order valence-corrected chi connectivity index (χ4v) is 2.36. The summed E-state index contributed by atoms with van der Waals surface area (Å²) >= 11 is 5.99. The van der Waals surface area contributed by atoms with E-state index in [1.807, 2.05) is 37.3 Å². The van der Waals surface area contributed by atoms with E-state index in [1.54, 1.807) is 18.2 Å². The third-order valence-corrected chi connectivity index (χ3v) is 3.26. The van der Waals surface area contributed by atoms with E-state index in [4.69, 9.17) is 11.6 Å². The average molecular weight is 285 g/mol. The minimum Gasteiger partial charge on any atom is -0.508 e. The first kappa shape index (κ1) is 12.8. The summed E-state index contributed by atoms with van der Waals surface area (Å²) in [5.74, 6) is 0.220. The molecule has 0 aliphatic carbocycles. The highest BCUT2D eigenvalue weighted by Crippen LogP contribution is 2.29. The van der Waals surface area contributed by atoms with Crippen LogP contribution in [-0.2, 0) is 0 Å². The van der Waals surface area contributed by atoms with E-state index in [2.05, 4.69) is 10.3 Å². The molecular weight excluding hydrogens is 272 g/mol. The van der Waals surface area contributed by atoms with Gasteiger partial charge < -0.3 is 10.4 Å². The Labute approximate surface area is 121 Å². The molecule has 0 unspecified atom stereocenters. The number of anilines is 2. The SMILES string of the molecule is Cc1cc(Nc2cccc(Cl)c2)c2cc(O)ccc2n1. The lowest BCUT2D eigenvalue weighted by Gasteiger charge is -2.11. The van der Waals surface area contributed by atoms with Gasteiger partial charge in [0.25, 0.3) is 0 Å². The van der Waals surface area contributed by atoms with E-state index in [1.165, 1.54) is 0 Å². The lowest BCUT2D eigenvalue weighted by Crippen LogP contribution is -1.94. The molecule has 3 rings (SSSR count). The van der Waals surface area contributed by atoms with E-state index >= 15 is 0 Å². The first-order valence-electron chi connectivity index (χ1n) is 6.25. The summed E-state index contributed by atoms with van der Waals surface area (Å²) in [6, 6.07) is 14.6. The van der Waals surface area contributed by atoms with Gasteiger partial charge in [-0.05, 0) is 49.4 Å². The van der Waals surface area contributed by atoms with Crippen molar-refractivity contribution in [1.29, 1.82) is 0 Å². The Morgan fingerprint density at radius 1 is 1.10 bits per heavy atom. The summed E-state index contributed by atoms with van der Waals surface area (Å²) in [6.45, 7) is 1.94. The van der Waals surface area contributed by atoms with Crippen molar-refractivity contribution in [2.75, 3.05) is 5.32 Å². The highest BCUT2D eigenvalue weighted by molar-refractivity contribution is 6.30. The third kappa shape index (κ3) is 2.53. The van der Waals surface area contributed by atoms with Gasteiger partial charge in [0, 0.05) is 27.5 Å². The third-order valence-electron chi connectivity index (χ3n) is 3.02. The Hall–Kier alpha value is -2.26. The number of aryl methyl sites for hydroxylation is 1. The van der Waals surface area contributed by atoms with Crippen molar-refractivity contribution < 1.29 is 5.11 Å². The average Bonchev–Trinajstić information content (AvgIpc) is 2.39. The summed E-state index contributed by atoms with van der Waals surface area (Å²) in [6.07, 6.45) is 0. The number of pyridine rings is 1. The van der Waals surface area contributed by atoms with Gasteiger partial charge in [-0.3, -0.25) is 4.98 Å². The number of hydrogen-bond donors (Lipinski definition) is 2. The second-order valence-electron chi connectivity index (χ2n) is 4.65. The molecule has 0 aliphatic heterocycles. The van der Waals surface area contributed by atoms with Gasteiger partial charge in [-0.2, -0.15) is 0 Å². The van der Waals surface area contributed by atoms with E-state index in [-0.39, 0.29) is 5.75 Å². The van der Waals surface area contributed by atoms with Crippen molar-refractivity contribution in [1.82, 2.24) is 4.98 Å². The summed E-state index contributed by atoms with van der Waals surface area (Å²) in [4.78, 5) is 4.46. The molecule has 2 N–H and O–H groups in total. The van der Waals surface area contributed by atoms with Crippen molar-refractivity contribution >= 4 is 33.9 Å². The van der Waals surface area contributed by atoms with E-state index in [9.17, 15) is 5.11 Å². The smallest absolute Gasteiger partial charge is 0.116 e. The van der Waals surface area contributed by atoms with E-state index in [0.717, 1.165) is 28.0 Å². The first-order valence-corrected chi connectivity index (χ1v) is 6.62. The number of rotatable bonds is 2. The molecule has 0 radical (unpaired) electrons. The molecule has 1 heterocycles. The maximum absolute atomic E-state index is 9.66. The molecule has 4 heteroatoms. The van der Waals surface area contributed by atoms with Crippen LogP contribution in [-0.4, -0.2) is 10.1 Å². The van der Waals surface area contributed by atoms with Gasteiger partial charge in [0.15, 0.2) is 0 Å². The standard InChI is InChI=1S/C16H13ClN2O/c1-10-7-16(19-12-4-2-3-11(17)8-12)14-9-13(20)5-6-15(14)18-10/h2-9,20H,1H3,(H,18,19). The predicted molar refractivity (Wildman–Crippen MR) is 82.9 cm³/mol. The fraction of sp³-hybridized carbons (Fsp3) is 0.0625.